The van der Waals surface area contributed by atoms with Gasteiger partial charge in [0.2, 0.25) is 0 Å². The van der Waals surface area contributed by atoms with Gasteiger partial charge in [0.25, 0.3) is 0 Å². The predicted octanol–water partition coefficient (Wildman–Crippen LogP) is 4.51. The fourth-order valence-corrected chi connectivity index (χ4v) is 2.33. The molecule has 0 unspecified atom stereocenters. The van der Waals surface area contributed by atoms with Gasteiger partial charge in [0.1, 0.15) is 6.61 Å². The van der Waals surface area contributed by atoms with Crippen molar-refractivity contribution in [3.05, 3.63) is 83.4 Å². The number of benzene rings is 3. The normalized spacial score (nSPS) is 10.5. The number of hydrogen-bond acceptors (Lipinski definition) is 2. The Kier molecular flexibility index (Phi) is 3.69. The van der Waals surface area contributed by atoms with E-state index in [2.05, 4.69) is 12.1 Å². The van der Waals surface area contributed by atoms with Crippen LogP contribution >= 0.6 is 0 Å². The zero-order valence-electron chi connectivity index (χ0n) is 11.9. The molecule has 0 heterocycles. The maximum absolute atomic E-state index is 12.0. The minimum Gasteiger partial charge on any atom is -0.457 e. The van der Waals surface area contributed by atoms with Gasteiger partial charge in [0, 0.05) is 0 Å². The number of esters is 1. The van der Waals surface area contributed by atoms with E-state index < -0.39 is 0 Å². The Morgan fingerprint density at radius 1 is 0.905 bits per heavy atom. The van der Waals surface area contributed by atoms with Gasteiger partial charge in [-0.15, -0.1) is 0 Å². The highest BCUT2D eigenvalue weighted by atomic mass is 16.5. The molecular formula is C19H16O2. The van der Waals surface area contributed by atoms with Crippen molar-refractivity contribution >= 4 is 16.7 Å². The third-order valence-electron chi connectivity index (χ3n) is 3.53. The predicted molar refractivity (Wildman–Crippen MR) is 84.2 cm³/mol. The molecule has 2 nitrogen and oxygen atoms in total. The Labute approximate surface area is 124 Å². The van der Waals surface area contributed by atoms with Crippen LogP contribution in [0.15, 0.2) is 66.7 Å². The van der Waals surface area contributed by atoms with Crippen molar-refractivity contribution < 1.29 is 9.53 Å². The molecule has 0 radical (unpaired) electrons. The van der Waals surface area contributed by atoms with E-state index in [1.165, 1.54) is 0 Å². The maximum atomic E-state index is 12.0. The summed E-state index contributed by atoms with van der Waals surface area (Å²) in [5, 5.41) is 2.28. The monoisotopic (exact) mass is 276 g/mol. The molecule has 0 amide bonds. The number of carbonyl (C=O) groups excluding carboxylic acids is 1. The molecular weight excluding hydrogens is 260 g/mol. The number of fused-ring (bicyclic) bond motifs is 1. The van der Waals surface area contributed by atoms with E-state index in [1.807, 2.05) is 49.4 Å². The summed E-state index contributed by atoms with van der Waals surface area (Å²) in [5.74, 6) is -0.289. The number of rotatable bonds is 3. The summed E-state index contributed by atoms with van der Waals surface area (Å²) in [6.07, 6.45) is 0. The third kappa shape index (κ3) is 2.95. The molecule has 3 aromatic rings. The topological polar surface area (TPSA) is 26.3 Å². The van der Waals surface area contributed by atoms with Crippen molar-refractivity contribution in [2.45, 2.75) is 13.5 Å². The number of carbonyl (C=O) groups is 1. The van der Waals surface area contributed by atoms with Crippen LogP contribution in [-0.4, -0.2) is 5.97 Å². The average molecular weight is 276 g/mol. The maximum Gasteiger partial charge on any atom is 0.338 e. The standard InChI is InChI=1S/C19H16O2/c1-14-9-11-16(12-10-14)19(20)21-13-17-7-4-6-15-5-2-3-8-18(15)17/h2-12H,13H2,1H3. The van der Waals surface area contributed by atoms with E-state index in [4.69, 9.17) is 4.74 Å². The first-order chi connectivity index (χ1) is 10.2. The minimum absolute atomic E-state index is 0.286. The van der Waals surface area contributed by atoms with Crippen LogP contribution in [0, 0.1) is 6.92 Å². The van der Waals surface area contributed by atoms with Crippen LogP contribution in [-0.2, 0) is 11.3 Å². The van der Waals surface area contributed by atoms with Gasteiger partial charge in [-0.3, -0.25) is 0 Å². The zero-order valence-corrected chi connectivity index (χ0v) is 11.9. The van der Waals surface area contributed by atoms with Crippen LogP contribution in [0.4, 0.5) is 0 Å². The smallest absolute Gasteiger partial charge is 0.338 e. The van der Waals surface area contributed by atoms with E-state index >= 15 is 0 Å². The molecule has 0 saturated heterocycles. The lowest BCUT2D eigenvalue weighted by molar-refractivity contribution is 0.0474. The summed E-state index contributed by atoms with van der Waals surface area (Å²) in [6, 6.07) is 21.5. The summed E-state index contributed by atoms with van der Waals surface area (Å²) in [5.41, 5.74) is 2.73. The Bertz CT molecular complexity index is 768. The second kappa shape index (κ2) is 5.80. The first kappa shape index (κ1) is 13.4. The van der Waals surface area contributed by atoms with E-state index in [9.17, 15) is 4.79 Å². The molecule has 0 bridgehead atoms. The lowest BCUT2D eigenvalue weighted by atomic mass is 10.1. The van der Waals surface area contributed by atoms with Crippen molar-refractivity contribution in [2.75, 3.05) is 0 Å². The van der Waals surface area contributed by atoms with Crippen LogP contribution in [0.1, 0.15) is 21.5 Å². The molecule has 2 heteroatoms. The molecule has 0 N–H and O–H groups in total. The summed E-state index contributed by atoms with van der Waals surface area (Å²) in [7, 11) is 0. The molecule has 0 aromatic heterocycles. The third-order valence-corrected chi connectivity index (χ3v) is 3.53. The van der Waals surface area contributed by atoms with Crippen LogP contribution in [0.3, 0.4) is 0 Å². The SMILES string of the molecule is Cc1ccc(C(=O)OCc2cccc3ccccc23)cc1. The first-order valence-corrected chi connectivity index (χ1v) is 6.94. The summed E-state index contributed by atoms with van der Waals surface area (Å²) in [6.45, 7) is 2.28. The first-order valence-electron chi connectivity index (χ1n) is 6.94. The molecule has 0 aliphatic rings. The molecule has 0 fully saturated rings. The molecule has 104 valence electrons. The lowest BCUT2D eigenvalue weighted by Gasteiger charge is -2.08. The van der Waals surface area contributed by atoms with Gasteiger partial charge in [-0.1, -0.05) is 60.2 Å². The van der Waals surface area contributed by atoms with E-state index in [-0.39, 0.29) is 12.6 Å². The highest BCUT2D eigenvalue weighted by Crippen LogP contribution is 2.19. The molecule has 3 rings (SSSR count). The van der Waals surface area contributed by atoms with E-state index in [0.717, 1.165) is 21.9 Å². The van der Waals surface area contributed by atoms with Gasteiger partial charge in [0.05, 0.1) is 5.56 Å². The minimum atomic E-state index is -0.289. The zero-order chi connectivity index (χ0) is 14.7. The van der Waals surface area contributed by atoms with Crippen molar-refractivity contribution in [1.82, 2.24) is 0 Å². The highest BCUT2D eigenvalue weighted by Gasteiger charge is 2.08. The van der Waals surface area contributed by atoms with E-state index in [0.29, 0.717) is 5.56 Å². The second-order valence-corrected chi connectivity index (χ2v) is 5.08. The molecule has 21 heavy (non-hydrogen) atoms. The fraction of sp³-hybridized carbons (Fsp3) is 0.105. The van der Waals surface area contributed by atoms with Gasteiger partial charge < -0.3 is 4.74 Å². The van der Waals surface area contributed by atoms with Gasteiger partial charge in [-0.2, -0.15) is 0 Å². The molecule has 0 atom stereocenters. The van der Waals surface area contributed by atoms with Crippen molar-refractivity contribution in [2.24, 2.45) is 0 Å². The van der Waals surface area contributed by atoms with E-state index in [1.54, 1.807) is 12.1 Å². The summed E-state index contributed by atoms with van der Waals surface area (Å²) >= 11 is 0. The highest BCUT2D eigenvalue weighted by molar-refractivity contribution is 5.90. The number of hydrogen-bond donors (Lipinski definition) is 0. The van der Waals surface area contributed by atoms with Crippen molar-refractivity contribution in [3.63, 3.8) is 0 Å². The van der Waals surface area contributed by atoms with Crippen molar-refractivity contribution in [3.8, 4) is 0 Å². The Hall–Kier alpha value is -2.61. The number of ether oxygens (including phenoxy) is 1. The summed E-state index contributed by atoms with van der Waals surface area (Å²) < 4.78 is 5.42. The van der Waals surface area contributed by atoms with Crippen LogP contribution < -0.4 is 0 Å². The largest absolute Gasteiger partial charge is 0.457 e. The quantitative estimate of drug-likeness (QED) is 0.658. The Morgan fingerprint density at radius 2 is 1.62 bits per heavy atom. The number of aryl methyl sites for hydroxylation is 1. The van der Waals surface area contributed by atoms with Gasteiger partial charge in [-0.25, -0.2) is 4.79 Å². The Morgan fingerprint density at radius 3 is 2.43 bits per heavy atom. The van der Waals surface area contributed by atoms with Gasteiger partial charge in [-0.05, 0) is 35.4 Å². The molecule has 0 aliphatic heterocycles. The average Bonchev–Trinajstić information content (AvgIpc) is 2.53. The lowest BCUT2D eigenvalue weighted by Crippen LogP contribution is -2.05. The molecule has 3 aromatic carbocycles. The Balaban J connectivity index is 1.77. The van der Waals surface area contributed by atoms with Crippen LogP contribution in [0.2, 0.25) is 0 Å². The summed E-state index contributed by atoms with van der Waals surface area (Å²) in [4.78, 5) is 12.0. The van der Waals surface area contributed by atoms with Crippen LogP contribution in [0.25, 0.3) is 10.8 Å². The molecule has 0 spiro atoms. The fourth-order valence-electron chi connectivity index (χ4n) is 2.33. The molecule has 0 aliphatic carbocycles. The van der Waals surface area contributed by atoms with Gasteiger partial charge in [0.15, 0.2) is 0 Å². The van der Waals surface area contributed by atoms with Crippen LogP contribution in [0.5, 0.6) is 0 Å². The second-order valence-electron chi connectivity index (χ2n) is 5.08. The van der Waals surface area contributed by atoms with Crippen molar-refractivity contribution in [1.29, 1.82) is 0 Å². The van der Waals surface area contributed by atoms with Gasteiger partial charge >= 0.3 is 5.97 Å². The molecule has 0 saturated carbocycles.